The number of carbonyl (C=O) groups is 2. The van der Waals surface area contributed by atoms with E-state index in [4.69, 9.17) is 5.11 Å². The van der Waals surface area contributed by atoms with E-state index in [1.165, 1.54) is 11.8 Å². The number of nitrogens with zero attached hydrogens (tertiary/aromatic N) is 1. The van der Waals surface area contributed by atoms with E-state index in [0.29, 0.717) is 6.41 Å². The smallest absolute Gasteiger partial charge is 0.323 e. The summed E-state index contributed by atoms with van der Waals surface area (Å²) in [6.45, 7) is 3.68. The summed E-state index contributed by atoms with van der Waals surface area (Å²) in [5, 5.41) is 8.42. The highest BCUT2D eigenvalue weighted by Crippen LogP contribution is 1.98. The Hall–Kier alpha value is -1.58. The molecule has 4 nitrogen and oxygen atoms in total. The molecule has 0 aromatic rings. The first-order valence-corrected chi connectivity index (χ1v) is 4.37. The average Bonchev–Trinajstić information content (AvgIpc) is 2.15. The van der Waals surface area contributed by atoms with Crippen molar-refractivity contribution in [1.82, 2.24) is 4.90 Å². The summed E-state index contributed by atoms with van der Waals surface area (Å²) >= 11 is 0. The first-order chi connectivity index (χ1) is 6.60. The van der Waals surface area contributed by atoms with Crippen LogP contribution in [0.3, 0.4) is 0 Å². The first-order valence-electron chi connectivity index (χ1n) is 4.37. The predicted octanol–water partition coefficient (Wildman–Crippen LogP) is 1.40. The molecule has 0 atom stereocenters. The number of rotatable bonds is 6. The van der Waals surface area contributed by atoms with Crippen LogP contribution in [0.25, 0.3) is 0 Å². The Morgan fingerprint density at radius 3 is 2.57 bits per heavy atom. The molecule has 0 fully saturated rings. The van der Waals surface area contributed by atoms with Crippen molar-refractivity contribution in [3.05, 3.63) is 23.9 Å². The number of carboxylic acids is 1. The number of amides is 1. The lowest BCUT2D eigenvalue weighted by Crippen LogP contribution is -2.22. The van der Waals surface area contributed by atoms with Crippen LogP contribution in [-0.4, -0.2) is 28.9 Å². The molecule has 0 saturated carbocycles. The average molecular weight is 197 g/mol. The highest BCUT2D eigenvalue weighted by molar-refractivity contribution is 5.72. The van der Waals surface area contributed by atoms with E-state index < -0.39 is 5.97 Å². The molecule has 0 bridgehead atoms. The fourth-order valence-corrected chi connectivity index (χ4v) is 0.717. The van der Waals surface area contributed by atoms with Gasteiger partial charge in [0.05, 0.1) is 0 Å². The van der Waals surface area contributed by atoms with Crippen LogP contribution in [0.2, 0.25) is 0 Å². The summed E-state index contributed by atoms with van der Waals surface area (Å²) in [5.41, 5.74) is 1.17. The molecular formula is C10H15NO3. The summed E-state index contributed by atoms with van der Waals surface area (Å²) < 4.78 is 0. The van der Waals surface area contributed by atoms with Gasteiger partial charge in [-0.15, -0.1) is 0 Å². The quantitative estimate of drug-likeness (QED) is 0.517. The van der Waals surface area contributed by atoms with Crippen LogP contribution in [0, 0.1) is 0 Å². The molecule has 0 aliphatic heterocycles. The molecule has 0 radical (unpaired) electrons. The van der Waals surface area contributed by atoms with Crippen molar-refractivity contribution in [1.29, 1.82) is 0 Å². The van der Waals surface area contributed by atoms with E-state index in [-0.39, 0.29) is 6.54 Å². The van der Waals surface area contributed by atoms with Gasteiger partial charge >= 0.3 is 5.97 Å². The molecule has 0 aromatic carbocycles. The number of carbonyl (C=O) groups excluding carboxylic acids is 1. The Morgan fingerprint density at radius 1 is 1.50 bits per heavy atom. The molecule has 14 heavy (non-hydrogen) atoms. The monoisotopic (exact) mass is 197 g/mol. The maximum atomic E-state index is 10.4. The number of hydrogen-bond acceptors (Lipinski definition) is 2. The van der Waals surface area contributed by atoms with Gasteiger partial charge in [0.15, 0.2) is 0 Å². The van der Waals surface area contributed by atoms with Crippen LogP contribution in [-0.2, 0) is 9.59 Å². The SMILES string of the molecule is CC/C(C)=C/C=C\N(C=O)CC(=O)O. The second-order valence-electron chi connectivity index (χ2n) is 2.88. The largest absolute Gasteiger partial charge is 0.480 e. The lowest BCUT2D eigenvalue weighted by molar-refractivity contribution is -0.139. The summed E-state index contributed by atoms with van der Waals surface area (Å²) in [5.74, 6) is -1.03. The molecule has 0 unspecified atom stereocenters. The van der Waals surface area contributed by atoms with Gasteiger partial charge in [0.2, 0.25) is 6.41 Å². The van der Waals surface area contributed by atoms with Gasteiger partial charge in [-0.3, -0.25) is 9.59 Å². The molecular weight excluding hydrogens is 182 g/mol. The zero-order chi connectivity index (χ0) is 11.0. The van der Waals surface area contributed by atoms with Gasteiger partial charge in [0.25, 0.3) is 0 Å². The Labute approximate surface area is 83.5 Å². The number of hydrogen-bond donors (Lipinski definition) is 1. The predicted molar refractivity (Wildman–Crippen MR) is 53.6 cm³/mol. The van der Waals surface area contributed by atoms with Crippen molar-refractivity contribution in [2.75, 3.05) is 6.54 Å². The fraction of sp³-hybridized carbons (Fsp3) is 0.400. The van der Waals surface area contributed by atoms with Gasteiger partial charge in [-0.1, -0.05) is 18.6 Å². The van der Waals surface area contributed by atoms with Crippen molar-refractivity contribution in [2.24, 2.45) is 0 Å². The normalized spacial score (nSPS) is 11.7. The van der Waals surface area contributed by atoms with Crippen LogP contribution in [0.15, 0.2) is 23.9 Å². The van der Waals surface area contributed by atoms with E-state index in [0.717, 1.165) is 11.3 Å². The summed E-state index contributed by atoms with van der Waals surface area (Å²) in [6, 6.07) is 0. The summed E-state index contributed by atoms with van der Waals surface area (Å²) in [7, 11) is 0. The minimum absolute atomic E-state index is 0.307. The summed E-state index contributed by atoms with van der Waals surface area (Å²) in [4.78, 5) is 21.7. The number of allylic oxidation sites excluding steroid dienone is 3. The van der Waals surface area contributed by atoms with Crippen molar-refractivity contribution in [2.45, 2.75) is 20.3 Å². The Kier molecular flexibility index (Phi) is 6.11. The van der Waals surface area contributed by atoms with Gasteiger partial charge < -0.3 is 10.0 Å². The maximum absolute atomic E-state index is 10.4. The molecule has 0 aliphatic rings. The second kappa shape index (κ2) is 6.88. The highest BCUT2D eigenvalue weighted by Gasteiger charge is 2.01. The van der Waals surface area contributed by atoms with Gasteiger partial charge in [-0.05, 0) is 19.4 Å². The van der Waals surface area contributed by atoms with Crippen LogP contribution in [0.1, 0.15) is 20.3 Å². The van der Waals surface area contributed by atoms with Crippen molar-refractivity contribution in [3.8, 4) is 0 Å². The molecule has 0 aliphatic carbocycles. The highest BCUT2D eigenvalue weighted by atomic mass is 16.4. The molecule has 1 amide bonds. The molecule has 0 spiro atoms. The van der Waals surface area contributed by atoms with Crippen molar-refractivity contribution in [3.63, 3.8) is 0 Å². The third-order valence-corrected chi connectivity index (χ3v) is 1.67. The van der Waals surface area contributed by atoms with Gasteiger partial charge in [0.1, 0.15) is 6.54 Å². The molecule has 0 aromatic heterocycles. The van der Waals surface area contributed by atoms with Gasteiger partial charge in [-0.2, -0.15) is 0 Å². The molecule has 78 valence electrons. The van der Waals surface area contributed by atoms with Crippen LogP contribution in [0.5, 0.6) is 0 Å². The second-order valence-corrected chi connectivity index (χ2v) is 2.88. The van der Waals surface area contributed by atoms with Crippen molar-refractivity contribution >= 4 is 12.4 Å². The summed E-state index contributed by atoms with van der Waals surface area (Å²) in [6.07, 6.45) is 6.37. The Morgan fingerprint density at radius 2 is 2.14 bits per heavy atom. The van der Waals surface area contributed by atoms with Crippen LogP contribution >= 0.6 is 0 Å². The van der Waals surface area contributed by atoms with E-state index in [1.807, 2.05) is 19.9 Å². The van der Waals surface area contributed by atoms with Gasteiger partial charge in [0, 0.05) is 6.20 Å². The third-order valence-electron chi connectivity index (χ3n) is 1.67. The molecule has 0 saturated heterocycles. The Balaban J connectivity index is 4.17. The van der Waals surface area contributed by atoms with E-state index in [1.54, 1.807) is 6.08 Å². The fourth-order valence-electron chi connectivity index (χ4n) is 0.717. The topological polar surface area (TPSA) is 57.6 Å². The number of aliphatic carboxylic acids is 1. The lowest BCUT2D eigenvalue weighted by Gasteiger charge is -2.06. The molecule has 1 N–H and O–H groups in total. The molecule has 0 heterocycles. The van der Waals surface area contributed by atoms with E-state index in [9.17, 15) is 9.59 Å². The van der Waals surface area contributed by atoms with E-state index in [2.05, 4.69) is 0 Å². The Bertz CT molecular complexity index is 256. The zero-order valence-corrected chi connectivity index (χ0v) is 8.43. The molecule has 0 rings (SSSR count). The number of carboxylic acid groups (broad SMARTS) is 1. The minimum Gasteiger partial charge on any atom is -0.480 e. The molecule has 4 heteroatoms. The first kappa shape index (κ1) is 12.4. The minimum atomic E-state index is -1.03. The van der Waals surface area contributed by atoms with Gasteiger partial charge in [-0.25, -0.2) is 0 Å². The lowest BCUT2D eigenvalue weighted by atomic mass is 10.2. The zero-order valence-electron chi connectivity index (χ0n) is 8.43. The van der Waals surface area contributed by atoms with Crippen molar-refractivity contribution < 1.29 is 14.7 Å². The van der Waals surface area contributed by atoms with Crippen LogP contribution < -0.4 is 0 Å². The third kappa shape index (κ3) is 5.99. The van der Waals surface area contributed by atoms with Crippen LogP contribution in [0.4, 0.5) is 0 Å². The maximum Gasteiger partial charge on any atom is 0.323 e. The van der Waals surface area contributed by atoms with E-state index >= 15 is 0 Å². The standard InChI is InChI=1S/C10H15NO3/c1-3-9(2)5-4-6-11(8-12)7-10(13)14/h4-6,8H,3,7H2,1-2H3,(H,13,14)/b6-4-,9-5+.